The summed E-state index contributed by atoms with van der Waals surface area (Å²) in [5, 5.41) is 9.24. The number of hydrogen-bond donors (Lipinski definition) is 0. The summed E-state index contributed by atoms with van der Waals surface area (Å²) in [5.74, 6) is 0. The molecule has 4 heterocycles. The quantitative estimate of drug-likeness (QED) is 0.174. The molecule has 0 amide bonds. The van der Waals surface area contributed by atoms with Gasteiger partial charge in [-0.15, -0.1) is 22.7 Å². The van der Waals surface area contributed by atoms with Crippen LogP contribution >= 0.6 is 22.7 Å². The Kier molecular flexibility index (Phi) is 5.96. The lowest BCUT2D eigenvalue weighted by atomic mass is 9.97. The Labute approximate surface area is 307 Å². The number of allylic oxidation sites excluding steroid dienone is 1. The number of rotatable bonds is 3. The number of para-hydroxylation sites is 1. The summed E-state index contributed by atoms with van der Waals surface area (Å²) in [7, 11) is 0. The van der Waals surface area contributed by atoms with Gasteiger partial charge >= 0.3 is 0 Å². The molecule has 0 radical (unpaired) electrons. The molecule has 52 heavy (non-hydrogen) atoms. The molecule has 2 nitrogen and oxygen atoms in total. The molecule has 0 saturated heterocycles. The summed E-state index contributed by atoms with van der Waals surface area (Å²) in [4.78, 5) is 0. The topological polar surface area (TPSA) is 9.86 Å². The molecule has 244 valence electrons. The minimum Gasteiger partial charge on any atom is -0.309 e. The van der Waals surface area contributed by atoms with Crippen molar-refractivity contribution in [3.8, 4) is 22.5 Å². The highest BCUT2D eigenvalue weighted by Crippen LogP contribution is 2.44. The number of nitrogens with zero attached hydrogens (tertiary/aromatic N) is 2. The largest absolute Gasteiger partial charge is 0.309 e. The molecule has 11 aromatic rings. The molecule has 4 heteroatoms. The summed E-state index contributed by atoms with van der Waals surface area (Å²) in [5.41, 5.74) is 11.5. The molecule has 0 bridgehead atoms. The third-order valence-electron chi connectivity index (χ3n) is 11.2. The van der Waals surface area contributed by atoms with E-state index in [1.54, 1.807) is 0 Å². The molecule has 7 aromatic carbocycles. The maximum Gasteiger partial charge on any atom is 0.0555 e. The Morgan fingerprint density at radius 1 is 0.423 bits per heavy atom. The monoisotopic (exact) mass is 698 g/mol. The number of thiophene rings is 2. The molecule has 0 N–H and O–H groups in total. The Balaban J connectivity index is 1.07. The molecule has 0 spiro atoms. The highest BCUT2D eigenvalue weighted by atomic mass is 32.1. The molecule has 0 saturated carbocycles. The van der Waals surface area contributed by atoms with Crippen LogP contribution in [-0.2, 0) is 6.42 Å². The summed E-state index contributed by atoms with van der Waals surface area (Å²) < 4.78 is 10.3. The van der Waals surface area contributed by atoms with Gasteiger partial charge in [-0.1, -0.05) is 84.9 Å². The Morgan fingerprint density at radius 2 is 0.962 bits per heavy atom. The second-order valence-electron chi connectivity index (χ2n) is 14.0. The van der Waals surface area contributed by atoms with Crippen LogP contribution in [0, 0.1) is 0 Å². The van der Waals surface area contributed by atoms with Gasteiger partial charge in [-0.2, -0.15) is 0 Å². The molecule has 1 aliphatic carbocycles. The summed E-state index contributed by atoms with van der Waals surface area (Å²) in [6, 6.07) is 54.3. The van der Waals surface area contributed by atoms with Gasteiger partial charge < -0.3 is 9.13 Å². The van der Waals surface area contributed by atoms with Crippen molar-refractivity contribution >= 4 is 102 Å². The van der Waals surface area contributed by atoms with Crippen molar-refractivity contribution in [1.82, 2.24) is 9.13 Å². The maximum atomic E-state index is 2.52. The first kappa shape index (κ1) is 28.7. The minimum absolute atomic E-state index is 1.05. The molecular weight excluding hydrogens is 669 g/mol. The predicted octanol–water partition coefficient (Wildman–Crippen LogP) is 14.1. The van der Waals surface area contributed by atoms with Crippen LogP contribution in [0.25, 0.3) is 102 Å². The van der Waals surface area contributed by atoms with Crippen molar-refractivity contribution in [3.05, 3.63) is 163 Å². The highest BCUT2D eigenvalue weighted by Gasteiger charge is 2.22. The van der Waals surface area contributed by atoms with Crippen molar-refractivity contribution in [2.75, 3.05) is 0 Å². The van der Waals surface area contributed by atoms with Crippen LogP contribution in [0.2, 0.25) is 0 Å². The minimum atomic E-state index is 1.05. The lowest BCUT2D eigenvalue weighted by Crippen LogP contribution is -2.00. The Bertz CT molecular complexity index is 3310. The van der Waals surface area contributed by atoms with Gasteiger partial charge in [0.25, 0.3) is 0 Å². The number of benzene rings is 7. The molecule has 0 fully saturated rings. The first-order valence-corrected chi connectivity index (χ1v) is 19.6. The normalized spacial score (nSPS) is 13.2. The average molecular weight is 699 g/mol. The molecule has 1 aliphatic rings. The zero-order chi connectivity index (χ0) is 33.9. The second-order valence-corrected chi connectivity index (χ2v) is 16.1. The summed E-state index contributed by atoms with van der Waals surface area (Å²) in [6.45, 7) is 0. The first-order valence-electron chi connectivity index (χ1n) is 18.0. The van der Waals surface area contributed by atoms with Gasteiger partial charge in [-0.25, -0.2) is 0 Å². The van der Waals surface area contributed by atoms with E-state index in [0.29, 0.717) is 0 Å². The fraction of sp³-hybridized carbons (Fsp3) is 0.0417. The van der Waals surface area contributed by atoms with Crippen LogP contribution in [0.15, 0.2) is 152 Å². The van der Waals surface area contributed by atoms with E-state index in [0.717, 1.165) is 12.8 Å². The van der Waals surface area contributed by atoms with E-state index >= 15 is 0 Å². The molecule has 0 atom stereocenters. The lowest BCUT2D eigenvalue weighted by Gasteiger charge is -2.13. The second kappa shape index (κ2) is 10.8. The molecule has 0 aliphatic heterocycles. The number of aromatic nitrogens is 2. The fourth-order valence-electron chi connectivity index (χ4n) is 8.97. The standard InChI is InChI=1S/C48H30N2S2/c1-5-15-37-31(11-1)35-27-29(23-25-39(35)49(37)41-17-9-21-45-47(41)33-13-3-7-19-43(33)51-45)30-24-26-40-36(28-30)32-12-2-6-16-38(32)50(40)42-18-10-22-46-48(42)34-14-4-8-20-44(34)52-46/h1,3-11,13-28H,2,12H2. The van der Waals surface area contributed by atoms with Crippen LogP contribution in [0.1, 0.15) is 17.7 Å². The van der Waals surface area contributed by atoms with Crippen LogP contribution in [-0.4, -0.2) is 9.13 Å². The molecule has 0 unspecified atom stereocenters. The summed E-state index contributed by atoms with van der Waals surface area (Å²) >= 11 is 3.76. The van der Waals surface area contributed by atoms with Crippen LogP contribution in [0.4, 0.5) is 0 Å². The van der Waals surface area contributed by atoms with E-state index in [-0.39, 0.29) is 0 Å². The van der Waals surface area contributed by atoms with E-state index in [4.69, 9.17) is 0 Å². The third-order valence-corrected chi connectivity index (χ3v) is 13.5. The van der Waals surface area contributed by atoms with Crippen LogP contribution in [0.5, 0.6) is 0 Å². The molecule has 12 rings (SSSR count). The van der Waals surface area contributed by atoms with E-state index in [9.17, 15) is 0 Å². The van der Waals surface area contributed by atoms with Crippen molar-refractivity contribution in [2.24, 2.45) is 0 Å². The zero-order valence-electron chi connectivity index (χ0n) is 28.1. The van der Waals surface area contributed by atoms with Gasteiger partial charge in [0.15, 0.2) is 0 Å². The lowest BCUT2D eigenvalue weighted by molar-refractivity contribution is 0.970. The third kappa shape index (κ3) is 3.94. The Hall–Kier alpha value is -5.94. The van der Waals surface area contributed by atoms with E-state index < -0.39 is 0 Å². The van der Waals surface area contributed by atoms with Crippen molar-refractivity contribution in [1.29, 1.82) is 0 Å². The van der Waals surface area contributed by atoms with E-state index in [1.807, 2.05) is 22.7 Å². The van der Waals surface area contributed by atoms with E-state index in [2.05, 4.69) is 167 Å². The molecule has 4 aromatic heterocycles. The van der Waals surface area contributed by atoms with Gasteiger partial charge in [-0.05, 0) is 102 Å². The van der Waals surface area contributed by atoms with Crippen molar-refractivity contribution in [3.63, 3.8) is 0 Å². The Morgan fingerprint density at radius 3 is 1.65 bits per heavy atom. The van der Waals surface area contributed by atoms with E-state index in [1.165, 1.54) is 107 Å². The fourth-order valence-corrected chi connectivity index (χ4v) is 11.2. The van der Waals surface area contributed by atoms with Gasteiger partial charge in [-0.3, -0.25) is 0 Å². The van der Waals surface area contributed by atoms with Crippen LogP contribution in [0.3, 0.4) is 0 Å². The number of hydrogen-bond acceptors (Lipinski definition) is 2. The first-order chi connectivity index (χ1) is 25.8. The highest BCUT2D eigenvalue weighted by molar-refractivity contribution is 7.26. The van der Waals surface area contributed by atoms with Crippen molar-refractivity contribution < 1.29 is 0 Å². The number of fused-ring (bicyclic) bond motifs is 12. The zero-order valence-corrected chi connectivity index (χ0v) is 29.8. The number of aryl methyl sites for hydroxylation is 1. The average Bonchev–Trinajstić information content (AvgIpc) is 3.95. The summed E-state index contributed by atoms with van der Waals surface area (Å²) in [6.07, 6.45) is 6.81. The van der Waals surface area contributed by atoms with Gasteiger partial charge in [0.05, 0.1) is 27.9 Å². The van der Waals surface area contributed by atoms with Gasteiger partial charge in [0.1, 0.15) is 0 Å². The predicted molar refractivity (Wildman–Crippen MR) is 226 cm³/mol. The smallest absolute Gasteiger partial charge is 0.0555 e. The maximum absolute atomic E-state index is 2.52. The van der Waals surface area contributed by atoms with Crippen molar-refractivity contribution in [2.45, 2.75) is 12.8 Å². The molecular formula is C48H30N2S2. The van der Waals surface area contributed by atoms with Crippen LogP contribution < -0.4 is 0 Å². The van der Waals surface area contributed by atoms with Gasteiger partial charge in [0.2, 0.25) is 0 Å². The van der Waals surface area contributed by atoms with Gasteiger partial charge in [0, 0.05) is 62.2 Å². The SMILES string of the molecule is C1=Cc2c(c3cc(-c4ccc5c(c4)c4ccccc4n5-c4cccc5sc6ccccc6c45)ccc3n2-c2cccc3sc4ccccc4c23)CC1.